The average Bonchev–Trinajstić information content (AvgIpc) is 2.78. The van der Waals surface area contributed by atoms with E-state index in [9.17, 15) is 18.7 Å². The van der Waals surface area contributed by atoms with Crippen LogP contribution in [0.3, 0.4) is 0 Å². The molecule has 5 nitrogen and oxygen atoms in total. The highest BCUT2D eigenvalue weighted by atomic mass is 19.1. The van der Waals surface area contributed by atoms with Crippen LogP contribution in [0, 0.1) is 11.6 Å². The normalized spacial score (nSPS) is 27.7. The Balaban J connectivity index is 1.66. The summed E-state index contributed by atoms with van der Waals surface area (Å²) in [5.74, 6) is -1.42. The summed E-state index contributed by atoms with van der Waals surface area (Å²) in [4.78, 5) is 15.7. The van der Waals surface area contributed by atoms with Crippen molar-refractivity contribution < 1.29 is 18.7 Å². The molecule has 1 aromatic rings. The van der Waals surface area contributed by atoms with Gasteiger partial charge in [0, 0.05) is 37.7 Å². The second kappa shape index (κ2) is 6.38. The molecule has 0 saturated carbocycles. The quantitative estimate of drug-likeness (QED) is 0.868. The van der Waals surface area contributed by atoms with Crippen molar-refractivity contribution in [1.29, 1.82) is 0 Å². The van der Waals surface area contributed by atoms with Gasteiger partial charge in [0.15, 0.2) is 0 Å². The summed E-state index contributed by atoms with van der Waals surface area (Å²) >= 11 is 0. The second-order valence-electron chi connectivity index (χ2n) is 6.89. The zero-order valence-corrected chi connectivity index (χ0v) is 13.7. The molecule has 2 aliphatic heterocycles. The summed E-state index contributed by atoms with van der Waals surface area (Å²) in [5, 5.41) is 9.75. The molecule has 2 aliphatic rings. The molecule has 3 rings (SSSR count). The molecule has 0 aromatic heterocycles. The Bertz CT molecular complexity index is 612. The van der Waals surface area contributed by atoms with Crippen LogP contribution in [-0.4, -0.2) is 51.7 Å². The fraction of sp³-hybridized carbons (Fsp3) is 0.588. The number of likely N-dealkylation sites (tertiary alicyclic amines) is 2. The number of piperidine rings is 1. The van der Waals surface area contributed by atoms with Gasteiger partial charge in [0.1, 0.15) is 17.7 Å². The lowest BCUT2D eigenvalue weighted by Gasteiger charge is -2.46. The number of hydrogen-bond acceptors (Lipinski definition) is 4. The molecule has 1 aromatic carbocycles. The van der Waals surface area contributed by atoms with Crippen LogP contribution in [0.4, 0.5) is 8.78 Å². The minimum atomic E-state index is -0.981. The van der Waals surface area contributed by atoms with Gasteiger partial charge < -0.3 is 15.7 Å². The molecular formula is C17H23F2N3O2. The zero-order valence-electron chi connectivity index (χ0n) is 13.7. The number of aliphatic hydroxyl groups excluding tert-OH is 1. The fourth-order valence-electron chi connectivity index (χ4n) is 3.81. The average molecular weight is 339 g/mol. The van der Waals surface area contributed by atoms with Crippen molar-refractivity contribution in [2.75, 3.05) is 13.1 Å². The highest BCUT2D eigenvalue weighted by Crippen LogP contribution is 2.32. The maximum absolute atomic E-state index is 13.8. The molecule has 0 bridgehead atoms. The van der Waals surface area contributed by atoms with Crippen molar-refractivity contribution in [1.82, 2.24) is 9.80 Å². The van der Waals surface area contributed by atoms with Gasteiger partial charge in [-0.1, -0.05) is 6.07 Å². The first-order valence-electron chi connectivity index (χ1n) is 8.27. The van der Waals surface area contributed by atoms with Gasteiger partial charge in [-0.25, -0.2) is 8.78 Å². The standard InChI is InChI=1S/C17H23F2N3O2/c1-11-9-15(23)16(24)22(11)17(20)5-7-21(8-6-17)10-12-13(18)3-2-4-14(12)19/h2-4,11,15,23H,5-10,20H2,1H3. The highest BCUT2D eigenvalue weighted by Gasteiger charge is 2.47. The third kappa shape index (κ3) is 3.03. The van der Waals surface area contributed by atoms with Gasteiger partial charge in [-0.3, -0.25) is 9.69 Å². The van der Waals surface area contributed by atoms with Gasteiger partial charge >= 0.3 is 0 Å². The summed E-state index contributed by atoms with van der Waals surface area (Å²) in [7, 11) is 0. The van der Waals surface area contributed by atoms with E-state index in [1.165, 1.54) is 18.2 Å². The van der Waals surface area contributed by atoms with Gasteiger partial charge in [-0.15, -0.1) is 0 Å². The van der Waals surface area contributed by atoms with E-state index in [0.717, 1.165) is 0 Å². The number of carbonyl (C=O) groups excluding carboxylic acids is 1. The molecule has 2 heterocycles. The van der Waals surface area contributed by atoms with Crippen molar-refractivity contribution in [3.05, 3.63) is 35.4 Å². The van der Waals surface area contributed by atoms with Crippen molar-refractivity contribution in [3.63, 3.8) is 0 Å². The number of nitrogens with two attached hydrogens (primary N) is 1. The molecule has 0 aliphatic carbocycles. The van der Waals surface area contributed by atoms with E-state index < -0.39 is 23.4 Å². The van der Waals surface area contributed by atoms with E-state index >= 15 is 0 Å². The lowest BCUT2D eigenvalue weighted by molar-refractivity contribution is -0.143. The number of amides is 1. The summed E-state index contributed by atoms with van der Waals surface area (Å²) in [6, 6.07) is 3.75. The molecule has 2 unspecified atom stereocenters. The minimum Gasteiger partial charge on any atom is -0.383 e. The predicted octanol–water partition coefficient (Wildman–Crippen LogP) is 1.20. The highest BCUT2D eigenvalue weighted by molar-refractivity contribution is 5.84. The number of aliphatic hydroxyl groups is 1. The Morgan fingerprint density at radius 1 is 1.29 bits per heavy atom. The molecule has 132 valence electrons. The molecule has 0 radical (unpaired) electrons. The van der Waals surface area contributed by atoms with Crippen LogP contribution >= 0.6 is 0 Å². The van der Waals surface area contributed by atoms with Crippen molar-refractivity contribution >= 4 is 5.91 Å². The lowest BCUT2D eigenvalue weighted by atomic mass is 9.94. The monoisotopic (exact) mass is 339 g/mol. The predicted molar refractivity (Wildman–Crippen MR) is 84.7 cm³/mol. The maximum atomic E-state index is 13.8. The SMILES string of the molecule is CC1CC(O)C(=O)N1C1(N)CCN(Cc2c(F)cccc2F)CC1. The van der Waals surface area contributed by atoms with Gasteiger partial charge in [-0.05, 0) is 31.9 Å². The van der Waals surface area contributed by atoms with Crippen molar-refractivity contribution in [2.24, 2.45) is 5.73 Å². The molecule has 0 spiro atoms. The van der Waals surface area contributed by atoms with E-state index in [2.05, 4.69) is 0 Å². The van der Waals surface area contributed by atoms with Crippen LogP contribution < -0.4 is 5.73 Å². The number of nitrogens with zero attached hydrogens (tertiary/aromatic N) is 2. The molecule has 1 amide bonds. The fourth-order valence-corrected chi connectivity index (χ4v) is 3.81. The summed E-state index contributed by atoms with van der Waals surface area (Å²) in [5.41, 5.74) is 5.69. The Hall–Kier alpha value is -1.57. The van der Waals surface area contributed by atoms with Crippen LogP contribution in [0.2, 0.25) is 0 Å². The Labute approximate surface area is 140 Å². The molecule has 2 saturated heterocycles. The summed E-state index contributed by atoms with van der Waals surface area (Å²) in [6.45, 7) is 3.14. The van der Waals surface area contributed by atoms with Crippen LogP contribution in [0.15, 0.2) is 18.2 Å². The van der Waals surface area contributed by atoms with Crippen LogP contribution in [-0.2, 0) is 11.3 Å². The summed E-state index contributed by atoms with van der Waals surface area (Å²) < 4.78 is 27.6. The first-order valence-corrected chi connectivity index (χ1v) is 8.27. The van der Waals surface area contributed by atoms with Crippen molar-refractivity contribution in [2.45, 2.75) is 50.5 Å². The lowest BCUT2D eigenvalue weighted by Crippen LogP contribution is -2.63. The molecule has 2 atom stereocenters. The molecule has 24 heavy (non-hydrogen) atoms. The van der Waals surface area contributed by atoms with Crippen LogP contribution in [0.25, 0.3) is 0 Å². The third-order valence-corrected chi connectivity index (χ3v) is 5.17. The van der Waals surface area contributed by atoms with E-state index in [-0.39, 0.29) is 24.1 Å². The number of benzene rings is 1. The zero-order chi connectivity index (χ0) is 17.5. The van der Waals surface area contributed by atoms with Crippen LogP contribution in [0.5, 0.6) is 0 Å². The number of halogens is 2. The molecular weight excluding hydrogens is 316 g/mol. The van der Waals surface area contributed by atoms with E-state index in [1.807, 2.05) is 11.8 Å². The van der Waals surface area contributed by atoms with Gasteiger partial charge in [-0.2, -0.15) is 0 Å². The van der Waals surface area contributed by atoms with E-state index in [0.29, 0.717) is 32.4 Å². The van der Waals surface area contributed by atoms with Gasteiger partial charge in [0.2, 0.25) is 0 Å². The molecule has 7 heteroatoms. The Morgan fingerprint density at radius 3 is 2.38 bits per heavy atom. The molecule has 2 fully saturated rings. The first-order chi connectivity index (χ1) is 11.3. The van der Waals surface area contributed by atoms with Gasteiger partial charge in [0.25, 0.3) is 5.91 Å². The summed E-state index contributed by atoms with van der Waals surface area (Å²) in [6.07, 6.45) is 0.422. The Kier molecular flexibility index (Phi) is 4.59. The van der Waals surface area contributed by atoms with Crippen molar-refractivity contribution in [3.8, 4) is 0 Å². The maximum Gasteiger partial charge on any atom is 0.253 e. The number of rotatable bonds is 3. The largest absolute Gasteiger partial charge is 0.383 e. The van der Waals surface area contributed by atoms with E-state index in [1.54, 1.807) is 4.90 Å². The van der Waals surface area contributed by atoms with Crippen LogP contribution in [0.1, 0.15) is 31.7 Å². The third-order valence-electron chi connectivity index (χ3n) is 5.17. The minimum absolute atomic E-state index is 0.0584. The number of hydrogen-bond donors (Lipinski definition) is 2. The van der Waals surface area contributed by atoms with Gasteiger partial charge in [0.05, 0.1) is 5.66 Å². The first kappa shape index (κ1) is 17.3. The molecule has 3 N–H and O–H groups in total. The second-order valence-corrected chi connectivity index (χ2v) is 6.89. The Morgan fingerprint density at radius 2 is 1.88 bits per heavy atom. The smallest absolute Gasteiger partial charge is 0.253 e. The number of carbonyl (C=O) groups is 1. The van der Waals surface area contributed by atoms with E-state index in [4.69, 9.17) is 5.73 Å². The topological polar surface area (TPSA) is 69.8 Å².